The quantitative estimate of drug-likeness (QED) is 0.866. The van der Waals surface area contributed by atoms with Crippen molar-refractivity contribution in [2.75, 3.05) is 13.7 Å². The molecule has 122 valence electrons. The Labute approximate surface area is 136 Å². The maximum atomic E-state index is 12.9. The smallest absolute Gasteiger partial charge is 0.227 e. The van der Waals surface area contributed by atoms with Crippen LogP contribution >= 0.6 is 0 Å². The zero-order valence-corrected chi connectivity index (χ0v) is 14.0. The summed E-state index contributed by atoms with van der Waals surface area (Å²) >= 11 is 0. The van der Waals surface area contributed by atoms with Crippen LogP contribution in [0.3, 0.4) is 0 Å². The number of aromatic nitrogens is 2. The van der Waals surface area contributed by atoms with E-state index in [1.807, 2.05) is 54.0 Å². The van der Waals surface area contributed by atoms with E-state index in [0.29, 0.717) is 19.6 Å². The second kappa shape index (κ2) is 6.54. The molecule has 0 fully saturated rings. The average Bonchev–Trinajstić information content (AvgIpc) is 2.90. The van der Waals surface area contributed by atoms with Gasteiger partial charge in [0.25, 0.3) is 0 Å². The van der Waals surface area contributed by atoms with Gasteiger partial charge in [0.05, 0.1) is 37.6 Å². The summed E-state index contributed by atoms with van der Waals surface area (Å²) in [6, 6.07) is 8.11. The van der Waals surface area contributed by atoms with Crippen molar-refractivity contribution in [2.45, 2.75) is 32.4 Å². The number of hydrogen-bond acceptors (Lipinski definition) is 3. The molecule has 0 aliphatic carbocycles. The van der Waals surface area contributed by atoms with E-state index < -0.39 is 0 Å². The normalized spacial score (nSPS) is 17.2. The van der Waals surface area contributed by atoms with Gasteiger partial charge in [-0.3, -0.25) is 4.79 Å². The Bertz CT molecular complexity index is 708. The Balaban J connectivity index is 1.82. The zero-order valence-electron chi connectivity index (χ0n) is 14.0. The maximum absolute atomic E-state index is 12.9. The third-order valence-corrected chi connectivity index (χ3v) is 4.62. The number of nitrogens with zero attached hydrogens (tertiary/aromatic N) is 3. The number of imidazole rings is 1. The number of ether oxygens (including phenoxy) is 1. The van der Waals surface area contributed by atoms with E-state index in [4.69, 9.17) is 4.74 Å². The van der Waals surface area contributed by atoms with Gasteiger partial charge in [0.1, 0.15) is 0 Å². The van der Waals surface area contributed by atoms with Crippen molar-refractivity contribution in [3.63, 3.8) is 0 Å². The third-order valence-electron chi connectivity index (χ3n) is 4.62. The van der Waals surface area contributed by atoms with Crippen LogP contribution in [0.2, 0.25) is 0 Å². The first-order valence-corrected chi connectivity index (χ1v) is 7.92. The van der Waals surface area contributed by atoms with Gasteiger partial charge in [-0.25, -0.2) is 4.98 Å². The van der Waals surface area contributed by atoms with Gasteiger partial charge in [0.15, 0.2) is 0 Å². The molecule has 3 rings (SSSR count). The van der Waals surface area contributed by atoms with Gasteiger partial charge >= 0.3 is 0 Å². The molecule has 23 heavy (non-hydrogen) atoms. The molecule has 0 radical (unpaired) electrons. The Morgan fingerprint density at radius 1 is 1.39 bits per heavy atom. The number of fused-ring (bicyclic) bond motifs is 1. The third kappa shape index (κ3) is 3.15. The molecular formula is C18H23N3O2. The zero-order chi connectivity index (χ0) is 16.4. The van der Waals surface area contributed by atoms with E-state index in [2.05, 4.69) is 4.98 Å². The number of hydrogen-bond donors (Lipinski definition) is 0. The lowest BCUT2D eigenvalue weighted by atomic mass is 10.00. The van der Waals surface area contributed by atoms with Crippen LogP contribution < -0.4 is 0 Å². The van der Waals surface area contributed by atoms with Gasteiger partial charge < -0.3 is 14.2 Å². The van der Waals surface area contributed by atoms with Crippen molar-refractivity contribution >= 4 is 5.91 Å². The van der Waals surface area contributed by atoms with Crippen molar-refractivity contribution < 1.29 is 9.53 Å². The predicted molar refractivity (Wildman–Crippen MR) is 88.0 cm³/mol. The number of methoxy groups -OCH3 is 1. The summed E-state index contributed by atoms with van der Waals surface area (Å²) in [5, 5.41) is 0. The molecular weight excluding hydrogens is 290 g/mol. The standard InChI is InChI=1S/C18H23N3O2/c1-13-6-4-5-7-14(13)8-18(22)21-10-16-17(20(2)12-19-16)9-15(21)11-23-3/h4-7,12,15H,8-11H2,1-3H3. The van der Waals surface area contributed by atoms with Crippen molar-refractivity contribution in [3.8, 4) is 0 Å². The predicted octanol–water partition coefficient (Wildman–Crippen LogP) is 1.87. The molecule has 5 heteroatoms. The molecule has 0 bridgehead atoms. The van der Waals surface area contributed by atoms with Crippen LogP contribution in [0.15, 0.2) is 30.6 Å². The van der Waals surface area contributed by atoms with E-state index in [-0.39, 0.29) is 11.9 Å². The summed E-state index contributed by atoms with van der Waals surface area (Å²) in [4.78, 5) is 19.2. The van der Waals surface area contributed by atoms with E-state index in [1.54, 1.807) is 7.11 Å². The molecule has 1 aromatic heterocycles. The molecule has 2 aromatic rings. The Hall–Kier alpha value is -2.14. The van der Waals surface area contributed by atoms with Crippen molar-refractivity contribution in [2.24, 2.45) is 7.05 Å². The number of carbonyl (C=O) groups excluding carboxylic acids is 1. The van der Waals surface area contributed by atoms with Crippen LogP contribution in [0.1, 0.15) is 22.5 Å². The Morgan fingerprint density at radius 2 is 2.17 bits per heavy atom. The summed E-state index contributed by atoms with van der Waals surface area (Å²) in [6.07, 6.45) is 3.04. The van der Waals surface area contributed by atoms with Crippen LogP contribution in [0.25, 0.3) is 0 Å². The summed E-state index contributed by atoms with van der Waals surface area (Å²) in [5.41, 5.74) is 4.44. The fraction of sp³-hybridized carbons (Fsp3) is 0.444. The molecule has 5 nitrogen and oxygen atoms in total. The van der Waals surface area contributed by atoms with E-state index in [1.165, 1.54) is 5.69 Å². The largest absolute Gasteiger partial charge is 0.383 e. The van der Waals surface area contributed by atoms with Crippen molar-refractivity contribution in [1.29, 1.82) is 0 Å². The topological polar surface area (TPSA) is 47.4 Å². The fourth-order valence-electron chi connectivity index (χ4n) is 3.23. The highest BCUT2D eigenvalue weighted by Gasteiger charge is 2.32. The lowest BCUT2D eigenvalue weighted by Crippen LogP contribution is -2.47. The molecule has 2 heterocycles. The number of benzene rings is 1. The maximum Gasteiger partial charge on any atom is 0.227 e. The van der Waals surface area contributed by atoms with E-state index >= 15 is 0 Å². The molecule has 0 N–H and O–H groups in total. The summed E-state index contributed by atoms with van der Waals surface area (Å²) < 4.78 is 7.39. The highest BCUT2D eigenvalue weighted by molar-refractivity contribution is 5.79. The lowest BCUT2D eigenvalue weighted by molar-refractivity contribution is -0.135. The number of aryl methyl sites for hydroxylation is 2. The summed E-state index contributed by atoms with van der Waals surface area (Å²) in [5.74, 6) is 0.137. The SMILES string of the molecule is COCC1Cc2c(ncn2C)CN1C(=O)Cc1ccccc1C. The van der Waals surface area contributed by atoms with Gasteiger partial charge in [-0.15, -0.1) is 0 Å². The molecule has 0 spiro atoms. The average molecular weight is 313 g/mol. The lowest BCUT2D eigenvalue weighted by Gasteiger charge is -2.35. The highest BCUT2D eigenvalue weighted by atomic mass is 16.5. The first-order valence-electron chi connectivity index (χ1n) is 7.92. The summed E-state index contributed by atoms with van der Waals surface area (Å²) in [7, 11) is 3.68. The first kappa shape index (κ1) is 15.7. The minimum absolute atomic E-state index is 0.0689. The molecule has 1 aliphatic rings. The van der Waals surface area contributed by atoms with Crippen LogP contribution in [0, 0.1) is 6.92 Å². The second-order valence-corrected chi connectivity index (χ2v) is 6.19. The van der Waals surface area contributed by atoms with Crippen molar-refractivity contribution in [1.82, 2.24) is 14.5 Å². The molecule has 1 aromatic carbocycles. The van der Waals surface area contributed by atoms with Gasteiger partial charge in [0.2, 0.25) is 5.91 Å². The van der Waals surface area contributed by atoms with E-state index in [0.717, 1.165) is 23.2 Å². The molecule has 1 aliphatic heterocycles. The highest BCUT2D eigenvalue weighted by Crippen LogP contribution is 2.23. The molecule has 1 unspecified atom stereocenters. The summed E-state index contributed by atoms with van der Waals surface area (Å²) in [6.45, 7) is 3.15. The van der Waals surface area contributed by atoms with E-state index in [9.17, 15) is 4.79 Å². The number of rotatable bonds is 4. The van der Waals surface area contributed by atoms with Crippen LogP contribution in [0.4, 0.5) is 0 Å². The molecule has 1 atom stereocenters. The van der Waals surface area contributed by atoms with Crippen LogP contribution in [-0.2, 0) is 36.0 Å². The van der Waals surface area contributed by atoms with Crippen LogP contribution in [0.5, 0.6) is 0 Å². The van der Waals surface area contributed by atoms with Gasteiger partial charge in [-0.05, 0) is 18.1 Å². The molecule has 0 saturated carbocycles. The monoisotopic (exact) mass is 313 g/mol. The number of carbonyl (C=O) groups is 1. The second-order valence-electron chi connectivity index (χ2n) is 6.19. The van der Waals surface area contributed by atoms with Gasteiger partial charge in [0, 0.05) is 26.3 Å². The first-order chi connectivity index (χ1) is 11.1. The number of amides is 1. The van der Waals surface area contributed by atoms with Gasteiger partial charge in [-0.1, -0.05) is 24.3 Å². The van der Waals surface area contributed by atoms with Gasteiger partial charge in [-0.2, -0.15) is 0 Å². The molecule has 1 amide bonds. The minimum atomic E-state index is 0.0689. The fourth-order valence-corrected chi connectivity index (χ4v) is 3.23. The minimum Gasteiger partial charge on any atom is -0.383 e. The van der Waals surface area contributed by atoms with Crippen LogP contribution in [-0.4, -0.2) is 40.1 Å². The Kier molecular flexibility index (Phi) is 4.48. The Morgan fingerprint density at radius 3 is 2.91 bits per heavy atom. The molecule has 0 saturated heterocycles. The van der Waals surface area contributed by atoms with Crippen molar-refractivity contribution in [3.05, 3.63) is 53.1 Å².